The molecule has 0 aromatic heterocycles. The van der Waals surface area contributed by atoms with Gasteiger partial charge < -0.3 is 15.7 Å². The standard InChI is InChI=1S/C15H20N2O2/c1-15(19,10-5-3-2-4-6-10)14(18)17-9-13-11-7-16-8-12(11)13/h2-6,11-13,16,19H,7-9H2,1H3,(H,17,18)/t11-,12+,13+,15-/m1/s1. The van der Waals surface area contributed by atoms with Crippen LogP contribution in [0.5, 0.6) is 0 Å². The van der Waals surface area contributed by atoms with E-state index in [1.165, 1.54) is 0 Å². The molecule has 1 aliphatic carbocycles. The first-order valence-electron chi connectivity index (χ1n) is 6.87. The highest BCUT2D eigenvalue weighted by atomic mass is 16.3. The van der Waals surface area contributed by atoms with E-state index in [9.17, 15) is 9.90 Å². The fourth-order valence-corrected chi connectivity index (χ4v) is 3.13. The van der Waals surface area contributed by atoms with Gasteiger partial charge in [0.2, 0.25) is 0 Å². The second-order valence-electron chi connectivity index (χ2n) is 5.80. The monoisotopic (exact) mass is 260 g/mol. The Morgan fingerprint density at radius 3 is 2.63 bits per heavy atom. The highest BCUT2D eigenvalue weighted by Gasteiger charge is 2.52. The van der Waals surface area contributed by atoms with Gasteiger partial charge in [-0.25, -0.2) is 0 Å². The number of carbonyl (C=O) groups excluding carboxylic acids is 1. The molecule has 0 radical (unpaired) electrons. The number of aliphatic hydroxyl groups is 1. The number of carbonyl (C=O) groups is 1. The summed E-state index contributed by atoms with van der Waals surface area (Å²) in [4.78, 5) is 12.1. The number of nitrogens with one attached hydrogen (secondary N) is 2. The van der Waals surface area contributed by atoms with Gasteiger partial charge in [0, 0.05) is 6.54 Å². The van der Waals surface area contributed by atoms with E-state index in [1.807, 2.05) is 18.2 Å². The fourth-order valence-electron chi connectivity index (χ4n) is 3.13. The van der Waals surface area contributed by atoms with Gasteiger partial charge in [0.05, 0.1) is 0 Å². The minimum Gasteiger partial charge on any atom is -0.376 e. The number of benzene rings is 1. The minimum atomic E-state index is -1.45. The van der Waals surface area contributed by atoms with Crippen molar-refractivity contribution in [3.63, 3.8) is 0 Å². The number of fused-ring (bicyclic) bond motifs is 1. The molecule has 102 valence electrons. The maximum atomic E-state index is 12.1. The maximum absolute atomic E-state index is 12.1. The SMILES string of the molecule is C[C@](O)(C(=O)NC[C@H]1[C@@H]2CNC[C@@H]21)c1ccccc1. The van der Waals surface area contributed by atoms with Gasteiger partial charge in [-0.3, -0.25) is 4.79 Å². The Labute approximate surface area is 113 Å². The van der Waals surface area contributed by atoms with E-state index < -0.39 is 5.60 Å². The smallest absolute Gasteiger partial charge is 0.256 e. The van der Waals surface area contributed by atoms with Crippen LogP contribution in [-0.2, 0) is 10.4 Å². The Balaban J connectivity index is 1.57. The van der Waals surface area contributed by atoms with Crippen molar-refractivity contribution in [3.05, 3.63) is 35.9 Å². The summed E-state index contributed by atoms with van der Waals surface area (Å²) in [6.07, 6.45) is 0. The topological polar surface area (TPSA) is 61.4 Å². The van der Waals surface area contributed by atoms with Crippen molar-refractivity contribution in [2.45, 2.75) is 12.5 Å². The fraction of sp³-hybridized carbons (Fsp3) is 0.533. The summed E-state index contributed by atoms with van der Waals surface area (Å²) in [7, 11) is 0. The molecule has 0 bridgehead atoms. The van der Waals surface area contributed by atoms with Crippen molar-refractivity contribution in [2.24, 2.45) is 17.8 Å². The molecule has 4 nitrogen and oxygen atoms in total. The average molecular weight is 260 g/mol. The Bertz CT molecular complexity index is 462. The summed E-state index contributed by atoms with van der Waals surface area (Å²) in [5.41, 5.74) is -0.825. The Morgan fingerprint density at radius 2 is 2.00 bits per heavy atom. The number of rotatable bonds is 4. The number of hydrogen-bond donors (Lipinski definition) is 3. The molecular weight excluding hydrogens is 240 g/mol. The first-order valence-corrected chi connectivity index (χ1v) is 6.87. The maximum Gasteiger partial charge on any atom is 0.256 e. The molecule has 3 N–H and O–H groups in total. The van der Waals surface area contributed by atoms with Crippen molar-refractivity contribution in [1.29, 1.82) is 0 Å². The van der Waals surface area contributed by atoms with E-state index in [4.69, 9.17) is 0 Å². The van der Waals surface area contributed by atoms with Gasteiger partial charge in [0.15, 0.2) is 5.60 Å². The summed E-state index contributed by atoms with van der Waals surface area (Å²) < 4.78 is 0. The predicted octanol–water partition coefficient (Wildman–Crippen LogP) is 0.476. The molecule has 4 atom stereocenters. The largest absolute Gasteiger partial charge is 0.376 e. The predicted molar refractivity (Wildman–Crippen MR) is 72.4 cm³/mol. The lowest BCUT2D eigenvalue weighted by atomic mass is 9.95. The molecule has 0 spiro atoms. The van der Waals surface area contributed by atoms with Crippen LogP contribution in [0, 0.1) is 17.8 Å². The van der Waals surface area contributed by atoms with E-state index in [-0.39, 0.29) is 5.91 Å². The highest BCUT2D eigenvalue weighted by Crippen LogP contribution is 2.48. The van der Waals surface area contributed by atoms with Crippen molar-refractivity contribution in [1.82, 2.24) is 10.6 Å². The second kappa shape index (κ2) is 4.62. The van der Waals surface area contributed by atoms with Crippen LogP contribution in [0.15, 0.2) is 30.3 Å². The molecular formula is C15H20N2O2. The first-order chi connectivity index (χ1) is 9.10. The molecule has 3 rings (SSSR count). The van der Waals surface area contributed by atoms with E-state index in [0.717, 1.165) is 24.9 Å². The van der Waals surface area contributed by atoms with Gasteiger partial charge in [-0.1, -0.05) is 30.3 Å². The second-order valence-corrected chi connectivity index (χ2v) is 5.80. The van der Waals surface area contributed by atoms with Gasteiger partial charge >= 0.3 is 0 Å². The lowest BCUT2D eigenvalue weighted by Crippen LogP contribution is -2.43. The third kappa shape index (κ3) is 2.26. The molecule has 1 saturated heterocycles. The van der Waals surface area contributed by atoms with E-state index >= 15 is 0 Å². The van der Waals surface area contributed by atoms with E-state index in [0.29, 0.717) is 18.0 Å². The molecule has 0 unspecified atom stereocenters. The van der Waals surface area contributed by atoms with Crippen LogP contribution >= 0.6 is 0 Å². The van der Waals surface area contributed by atoms with E-state index in [2.05, 4.69) is 10.6 Å². The molecule has 1 heterocycles. The van der Waals surface area contributed by atoms with Crippen LogP contribution in [0.4, 0.5) is 0 Å². The lowest BCUT2D eigenvalue weighted by molar-refractivity contribution is -0.139. The Kier molecular flexibility index (Phi) is 3.07. The van der Waals surface area contributed by atoms with Crippen molar-refractivity contribution >= 4 is 5.91 Å². The normalized spacial score (nSPS) is 31.4. The van der Waals surface area contributed by atoms with Crippen LogP contribution in [-0.4, -0.2) is 30.6 Å². The molecule has 1 amide bonds. The van der Waals surface area contributed by atoms with Gasteiger partial charge in [-0.2, -0.15) is 0 Å². The summed E-state index contributed by atoms with van der Waals surface area (Å²) >= 11 is 0. The van der Waals surface area contributed by atoms with Crippen LogP contribution in [0.2, 0.25) is 0 Å². The third-order valence-electron chi connectivity index (χ3n) is 4.55. The average Bonchev–Trinajstić information content (AvgIpc) is 2.85. The zero-order valence-electron chi connectivity index (χ0n) is 11.1. The van der Waals surface area contributed by atoms with Crippen molar-refractivity contribution in [2.75, 3.05) is 19.6 Å². The summed E-state index contributed by atoms with van der Waals surface area (Å²) in [5.74, 6) is 1.73. The van der Waals surface area contributed by atoms with Crippen molar-refractivity contribution < 1.29 is 9.90 Å². The highest BCUT2D eigenvalue weighted by molar-refractivity contribution is 5.85. The molecule has 2 fully saturated rings. The molecule has 2 aliphatic rings. The summed E-state index contributed by atoms with van der Waals surface area (Å²) in [6.45, 7) is 4.37. The minimum absolute atomic E-state index is 0.309. The molecule has 1 saturated carbocycles. The molecule has 1 aromatic rings. The van der Waals surface area contributed by atoms with Gasteiger partial charge in [-0.15, -0.1) is 0 Å². The number of hydrogen-bond acceptors (Lipinski definition) is 3. The zero-order valence-corrected chi connectivity index (χ0v) is 11.1. The Hall–Kier alpha value is -1.39. The summed E-state index contributed by atoms with van der Waals surface area (Å²) in [5, 5.41) is 16.6. The zero-order chi connectivity index (χ0) is 13.5. The molecule has 1 aliphatic heterocycles. The van der Waals surface area contributed by atoms with Crippen LogP contribution in [0.3, 0.4) is 0 Å². The van der Waals surface area contributed by atoms with Gasteiger partial charge in [-0.05, 0) is 43.3 Å². The van der Waals surface area contributed by atoms with E-state index in [1.54, 1.807) is 19.1 Å². The quantitative estimate of drug-likeness (QED) is 0.738. The third-order valence-corrected chi connectivity index (χ3v) is 4.55. The first kappa shape index (κ1) is 12.6. The molecule has 19 heavy (non-hydrogen) atoms. The number of piperidine rings is 1. The number of amides is 1. The van der Waals surface area contributed by atoms with Crippen LogP contribution in [0.25, 0.3) is 0 Å². The van der Waals surface area contributed by atoms with Crippen molar-refractivity contribution in [3.8, 4) is 0 Å². The Morgan fingerprint density at radius 1 is 1.37 bits per heavy atom. The van der Waals surface area contributed by atoms with Gasteiger partial charge in [0.25, 0.3) is 5.91 Å². The van der Waals surface area contributed by atoms with Gasteiger partial charge in [0.1, 0.15) is 0 Å². The molecule has 4 heteroatoms. The molecule has 1 aromatic carbocycles. The van der Waals surface area contributed by atoms with Crippen LogP contribution < -0.4 is 10.6 Å². The summed E-state index contributed by atoms with van der Waals surface area (Å²) in [6, 6.07) is 9.07. The van der Waals surface area contributed by atoms with Crippen LogP contribution in [0.1, 0.15) is 12.5 Å². The lowest BCUT2D eigenvalue weighted by Gasteiger charge is -2.23.